The van der Waals surface area contributed by atoms with Crippen molar-refractivity contribution in [3.63, 3.8) is 0 Å². The molecule has 1 aliphatic rings. The van der Waals surface area contributed by atoms with E-state index in [-0.39, 0.29) is 11.8 Å². The zero-order valence-electron chi connectivity index (χ0n) is 14.7. The standard InChI is InChI=1S/C19H22N4O2S/c1-22-13-21-17-11-23(9-14-5-7-25-12-14)10-16(18(17)22)19(24)20-6-4-15-3-2-8-26-15/h2-3,5,7-8,12-13,16H,4,6,9-11H2,1H3,(H,20,24)/t16-/m0/s1. The van der Waals surface area contributed by atoms with Gasteiger partial charge in [0.1, 0.15) is 0 Å². The van der Waals surface area contributed by atoms with Crippen LogP contribution in [0.1, 0.15) is 27.7 Å². The number of carbonyl (C=O) groups excluding carboxylic acids is 1. The van der Waals surface area contributed by atoms with Crippen LogP contribution >= 0.6 is 11.3 Å². The Kier molecular flexibility index (Phi) is 4.90. The summed E-state index contributed by atoms with van der Waals surface area (Å²) in [5, 5.41) is 5.17. The fraction of sp³-hybridized carbons (Fsp3) is 0.368. The molecule has 0 unspecified atom stereocenters. The Morgan fingerprint density at radius 3 is 3.15 bits per heavy atom. The maximum atomic E-state index is 12.9. The Bertz CT molecular complexity index is 854. The number of amides is 1. The van der Waals surface area contributed by atoms with Crippen molar-refractivity contribution in [2.24, 2.45) is 7.05 Å². The first-order chi connectivity index (χ1) is 12.7. The SMILES string of the molecule is Cn1cnc2c1[C@@H](C(=O)NCCc1cccs1)CN(Cc1ccoc1)C2. The number of furan rings is 1. The van der Waals surface area contributed by atoms with Gasteiger partial charge in [0, 0.05) is 43.7 Å². The summed E-state index contributed by atoms with van der Waals surface area (Å²) in [7, 11) is 1.96. The molecular weight excluding hydrogens is 348 g/mol. The Morgan fingerprint density at radius 2 is 2.38 bits per heavy atom. The molecule has 136 valence electrons. The van der Waals surface area contributed by atoms with Crippen molar-refractivity contribution < 1.29 is 9.21 Å². The van der Waals surface area contributed by atoms with Gasteiger partial charge in [-0.15, -0.1) is 11.3 Å². The summed E-state index contributed by atoms with van der Waals surface area (Å²) in [6, 6.07) is 6.10. The molecule has 26 heavy (non-hydrogen) atoms. The van der Waals surface area contributed by atoms with Crippen molar-refractivity contribution in [2.75, 3.05) is 13.1 Å². The lowest BCUT2D eigenvalue weighted by Crippen LogP contribution is -2.42. The molecule has 3 aromatic rings. The van der Waals surface area contributed by atoms with Crippen LogP contribution in [-0.2, 0) is 31.4 Å². The molecule has 6 nitrogen and oxygen atoms in total. The Morgan fingerprint density at radius 1 is 1.46 bits per heavy atom. The van der Waals surface area contributed by atoms with Crippen LogP contribution in [0.3, 0.4) is 0 Å². The quantitative estimate of drug-likeness (QED) is 0.724. The molecule has 0 saturated carbocycles. The second-order valence-corrected chi connectivity index (χ2v) is 7.69. The highest BCUT2D eigenvalue weighted by Gasteiger charge is 2.33. The molecule has 3 aromatic heterocycles. The van der Waals surface area contributed by atoms with E-state index in [0.29, 0.717) is 13.1 Å². The lowest BCUT2D eigenvalue weighted by atomic mass is 9.96. The predicted octanol–water partition coefficient (Wildman–Crippen LogP) is 2.53. The van der Waals surface area contributed by atoms with Gasteiger partial charge in [-0.1, -0.05) is 6.07 Å². The number of fused-ring (bicyclic) bond motifs is 1. The first-order valence-corrected chi connectivity index (χ1v) is 9.62. The molecule has 1 amide bonds. The zero-order valence-corrected chi connectivity index (χ0v) is 15.5. The number of nitrogens with one attached hydrogen (secondary N) is 1. The smallest absolute Gasteiger partial charge is 0.230 e. The molecule has 1 N–H and O–H groups in total. The van der Waals surface area contributed by atoms with Crippen LogP contribution < -0.4 is 5.32 Å². The number of rotatable bonds is 6. The molecule has 0 spiro atoms. The monoisotopic (exact) mass is 370 g/mol. The van der Waals surface area contributed by atoms with Crippen LogP contribution in [0.15, 0.2) is 46.8 Å². The Labute approximate surface area is 156 Å². The van der Waals surface area contributed by atoms with E-state index in [9.17, 15) is 4.79 Å². The maximum Gasteiger partial charge on any atom is 0.230 e. The summed E-state index contributed by atoms with van der Waals surface area (Å²) in [5.74, 6) is -0.134. The van der Waals surface area contributed by atoms with E-state index in [4.69, 9.17) is 4.42 Å². The van der Waals surface area contributed by atoms with Crippen molar-refractivity contribution in [3.05, 3.63) is 64.3 Å². The summed E-state index contributed by atoms with van der Waals surface area (Å²) in [4.78, 5) is 20.9. The van der Waals surface area contributed by atoms with E-state index in [2.05, 4.69) is 26.6 Å². The highest BCUT2D eigenvalue weighted by molar-refractivity contribution is 7.09. The number of hydrogen-bond acceptors (Lipinski definition) is 5. The third kappa shape index (κ3) is 3.59. The van der Waals surface area contributed by atoms with Crippen LogP contribution in [0.4, 0.5) is 0 Å². The molecule has 4 heterocycles. The van der Waals surface area contributed by atoms with Gasteiger partial charge in [-0.05, 0) is 23.9 Å². The lowest BCUT2D eigenvalue weighted by molar-refractivity contribution is -0.123. The molecule has 0 aromatic carbocycles. The molecule has 1 atom stereocenters. The van der Waals surface area contributed by atoms with Crippen molar-refractivity contribution in [1.29, 1.82) is 0 Å². The number of aryl methyl sites for hydroxylation is 1. The number of thiophene rings is 1. The summed E-state index contributed by atoms with van der Waals surface area (Å²) >= 11 is 1.72. The van der Waals surface area contributed by atoms with Crippen LogP contribution in [-0.4, -0.2) is 33.4 Å². The van der Waals surface area contributed by atoms with Crippen molar-refractivity contribution in [2.45, 2.75) is 25.4 Å². The summed E-state index contributed by atoms with van der Waals surface area (Å²) in [6.45, 7) is 2.85. The average Bonchev–Trinajstić information content (AvgIpc) is 3.38. The van der Waals surface area contributed by atoms with Crippen LogP contribution in [0.2, 0.25) is 0 Å². The van der Waals surface area contributed by atoms with Crippen LogP contribution in [0.25, 0.3) is 0 Å². The first-order valence-electron chi connectivity index (χ1n) is 8.74. The van der Waals surface area contributed by atoms with Gasteiger partial charge in [0.25, 0.3) is 0 Å². The predicted molar refractivity (Wildman–Crippen MR) is 99.8 cm³/mol. The maximum absolute atomic E-state index is 12.9. The molecule has 0 radical (unpaired) electrons. The number of hydrogen-bond donors (Lipinski definition) is 1. The van der Waals surface area contributed by atoms with Gasteiger partial charge in [-0.3, -0.25) is 9.69 Å². The molecular formula is C19H22N4O2S. The van der Waals surface area contributed by atoms with E-state index in [0.717, 1.165) is 36.5 Å². The van der Waals surface area contributed by atoms with Gasteiger partial charge >= 0.3 is 0 Å². The molecule has 1 aliphatic heterocycles. The second-order valence-electron chi connectivity index (χ2n) is 6.66. The minimum absolute atomic E-state index is 0.0725. The van der Waals surface area contributed by atoms with Gasteiger partial charge in [0.05, 0.1) is 36.2 Å². The Hall–Kier alpha value is -2.38. The highest BCUT2D eigenvalue weighted by Crippen LogP contribution is 2.28. The number of aromatic nitrogens is 2. The van der Waals surface area contributed by atoms with E-state index < -0.39 is 0 Å². The van der Waals surface area contributed by atoms with Crippen molar-refractivity contribution >= 4 is 17.2 Å². The number of imidazole rings is 1. The zero-order chi connectivity index (χ0) is 17.9. The van der Waals surface area contributed by atoms with E-state index >= 15 is 0 Å². The fourth-order valence-corrected chi connectivity index (χ4v) is 4.24. The van der Waals surface area contributed by atoms with E-state index in [1.807, 2.05) is 23.7 Å². The second kappa shape index (κ2) is 7.47. The molecule has 0 saturated heterocycles. The molecule has 0 fully saturated rings. The van der Waals surface area contributed by atoms with Gasteiger partial charge in [-0.25, -0.2) is 4.98 Å². The molecule has 4 rings (SSSR count). The lowest BCUT2D eigenvalue weighted by Gasteiger charge is -2.32. The van der Waals surface area contributed by atoms with Gasteiger partial charge in [0.15, 0.2) is 0 Å². The topological polar surface area (TPSA) is 63.3 Å². The van der Waals surface area contributed by atoms with E-state index in [1.54, 1.807) is 30.2 Å². The summed E-state index contributed by atoms with van der Waals surface area (Å²) in [5.41, 5.74) is 3.13. The minimum atomic E-state index is -0.207. The third-order valence-corrected chi connectivity index (χ3v) is 5.70. The first kappa shape index (κ1) is 17.1. The fourth-order valence-electron chi connectivity index (χ4n) is 3.53. The summed E-state index contributed by atoms with van der Waals surface area (Å²) < 4.78 is 7.15. The minimum Gasteiger partial charge on any atom is -0.472 e. The third-order valence-electron chi connectivity index (χ3n) is 4.76. The highest BCUT2D eigenvalue weighted by atomic mass is 32.1. The van der Waals surface area contributed by atoms with Gasteiger partial charge < -0.3 is 14.3 Å². The van der Waals surface area contributed by atoms with Crippen LogP contribution in [0.5, 0.6) is 0 Å². The van der Waals surface area contributed by atoms with Crippen molar-refractivity contribution in [3.8, 4) is 0 Å². The normalized spacial score (nSPS) is 17.2. The number of carbonyl (C=O) groups is 1. The molecule has 0 aliphatic carbocycles. The largest absolute Gasteiger partial charge is 0.472 e. The molecule has 0 bridgehead atoms. The van der Waals surface area contributed by atoms with Gasteiger partial charge in [0.2, 0.25) is 5.91 Å². The molecule has 7 heteroatoms. The summed E-state index contributed by atoms with van der Waals surface area (Å²) in [6.07, 6.45) is 6.11. The average molecular weight is 370 g/mol. The number of nitrogens with zero attached hydrogens (tertiary/aromatic N) is 3. The van der Waals surface area contributed by atoms with Crippen molar-refractivity contribution in [1.82, 2.24) is 19.8 Å². The Balaban J connectivity index is 1.45. The van der Waals surface area contributed by atoms with Crippen LogP contribution in [0, 0.1) is 0 Å². The van der Waals surface area contributed by atoms with E-state index in [1.165, 1.54) is 4.88 Å². The van der Waals surface area contributed by atoms with Gasteiger partial charge in [-0.2, -0.15) is 0 Å².